The number of benzene rings is 1. The van der Waals surface area contributed by atoms with E-state index in [9.17, 15) is 9.59 Å². The normalized spacial score (nSPS) is 10.8. The highest BCUT2D eigenvalue weighted by molar-refractivity contribution is 5.87. The molecule has 0 saturated heterocycles. The van der Waals surface area contributed by atoms with Crippen LogP contribution in [-0.4, -0.2) is 40.6 Å². The van der Waals surface area contributed by atoms with E-state index >= 15 is 0 Å². The number of carboxylic acids is 1. The number of rotatable bonds is 5. The minimum atomic E-state index is -0.833. The van der Waals surface area contributed by atoms with Gasteiger partial charge in [0.25, 0.3) is 5.97 Å². The fourth-order valence-corrected chi connectivity index (χ4v) is 1.34. The van der Waals surface area contributed by atoms with Gasteiger partial charge in [-0.3, -0.25) is 14.4 Å². The molecule has 8 nitrogen and oxygen atoms in total. The molecule has 1 rings (SSSR count). The predicted molar refractivity (Wildman–Crippen MR) is 75.3 cm³/mol. The molecule has 0 heterocycles. The quantitative estimate of drug-likeness (QED) is 0.467. The van der Waals surface area contributed by atoms with Gasteiger partial charge in [-0.15, -0.1) is 0 Å². The second-order valence-electron chi connectivity index (χ2n) is 4.12. The summed E-state index contributed by atoms with van der Waals surface area (Å²) >= 11 is 0. The largest absolute Gasteiger partial charge is 0.508 e. The summed E-state index contributed by atoms with van der Waals surface area (Å²) in [6, 6.07) is 5.51. The van der Waals surface area contributed by atoms with Crippen molar-refractivity contribution in [3.05, 3.63) is 29.8 Å². The smallest absolute Gasteiger partial charge is 0.300 e. The maximum atomic E-state index is 11.1. The number of carbonyl (C=O) groups is 3. The van der Waals surface area contributed by atoms with Crippen LogP contribution >= 0.6 is 0 Å². The number of hydrogen-bond donors (Lipinski definition) is 5. The number of hydrogen-bond acceptors (Lipinski definition) is 5. The predicted octanol–water partition coefficient (Wildman–Crippen LogP) is -1.05. The lowest BCUT2D eigenvalue weighted by atomic mass is 10.1. The third kappa shape index (κ3) is 9.00. The van der Waals surface area contributed by atoms with Gasteiger partial charge in [-0.25, -0.2) is 0 Å². The fourth-order valence-electron chi connectivity index (χ4n) is 1.34. The summed E-state index contributed by atoms with van der Waals surface area (Å²) in [5, 5.41) is 19.0. The number of primary amides is 1. The van der Waals surface area contributed by atoms with Gasteiger partial charge in [0.2, 0.25) is 11.8 Å². The van der Waals surface area contributed by atoms with E-state index in [-0.39, 0.29) is 18.7 Å². The third-order valence-electron chi connectivity index (χ3n) is 2.24. The Balaban J connectivity index is 0.000000885. The Hall–Kier alpha value is -2.61. The van der Waals surface area contributed by atoms with Gasteiger partial charge in [0.1, 0.15) is 11.8 Å². The summed E-state index contributed by atoms with van der Waals surface area (Å²) in [6.45, 7) is 0.888. The van der Waals surface area contributed by atoms with Crippen molar-refractivity contribution < 1.29 is 24.6 Å². The minimum Gasteiger partial charge on any atom is -0.508 e. The number of phenolic OH excluding ortho intramolecular Hbond substituents is 1. The zero-order valence-electron chi connectivity index (χ0n) is 11.6. The number of carbonyl (C=O) groups excluding carboxylic acids is 2. The molecule has 0 aromatic heterocycles. The Labute approximate surface area is 121 Å². The average Bonchev–Trinajstić information content (AvgIpc) is 2.39. The van der Waals surface area contributed by atoms with Crippen molar-refractivity contribution in [3.63, 3.8) is 0 Å². The lowest BCUT2D eigenvalue weighted by Crippen LogP contribution is -2.47. The molecule has 7 N–H and O–H groups in total. The molecule has 0 saturated carbocycles. The highest BCUT2D eigenvalue weighted by Crippen LogP contribution is 2.11. The lowest BCUT2D eigenvalue weighted by Gasteiger charge is -2.14. The molecule has 21 heavy (non-hydrogen) atoms. The first kappa shape index (κ1) is 18.4. The monoisotopic (exact) mass is 297 g/mol. The molecular formula is C13H19N3O5. The van der Waals surface area contributed by atoms with Gasteiger partial charge in [0.05, 0.1) is 6.54 Å². The standard InChI is InChI=1S/C11H15N3O3.C2H4O2/c12-6-10(16)14-9(11(13)17)5-7-1-3-8(15)4-2-7;1-2(3)4/h1-4,9,15H,5-6,12H2,(H2,13,17)(H,14,16);1H3,(H,3,4). The zero-order valence-corrected chi connectivity index (χ0v) is 11.6. The average molecular weight is 297 g/mol. The molecule has 2 amide bonds. The number of aromatic hydroxyl groups is 1. The molecule has 0 radical (unpaired) electrons. The summed E-state index contributed by atoms with van der Waals surface area (Å²) in [5.41, 5.74) is 11.1. The molecule has 0 fully saturated rings. The first-order valence-corrected chi connectivity index (χ1v) is 6.02. The van der Waals surface area contributed by atoms with Crippen LogP contribution in [0, 0.1) is 0 Å². The Morgan fingerprint density at radius 2 is 1.71 bits per heavy atom. The number of phenols is 1. The van der Waals surface area contributed by atoms with Crippen molar-refractivity contribution >= 4 is 17.8 Å². The van der Waals surface area contributed by atoms with Crippen LogP contribution in [0.4, 0.5) is 0 Å². The SMILES string of the molecule is CC(=O)O.NCC(=O)NC(Cc1ccc(O)cc1)C(N)=O. The number of nitrogens with two attached hydrogens (primary N) is 2. The van der Waals surface area contributed by atoms with Crippen LogP contribution in [0.15, 0.2) is 24.3 Å². The Morgan fingerprint density at radius 3 is 2.10 bits per heavy atom. The van der Waals surface area contributed by atoms with Gasteiger partial charge in [0.15, 0.2) is 0 Å². The Morgan fingerprint density at radius 1 is 1.24 bits per heavy atom. The minimum absolute atomic E-state index is 0.135. The van der Waals surface area contributed by atoms with Gasteiger partial charge < -0.3 is 27.0 Å². The second kappa shape index (κ2) is 9.32. The van der Waals surface area contributed by atoms with Gasteiger partial charge in [-0.1, -0.05) is 12.1 Å². The number of carboxylic acid groups (broad SMARTS) is 1. The molecule has 0 bridgehead atoms. The molecular weight excluding hydrogens is 278 g/mol. The maximum absolute atomic E-state index is 11.1. The summed E-state index contributed by atoms with van der Waals surface area (Å²) in [7, 11) is 0. The van der Waals surface area contributed by atoms with E-state index in [4.69, 9.17) is 26.5 Å². The summed E-state index contributed by atoms with van der Waals surface area (Å²) in [6.07, 6.45) is 0.265. The van der Waals surface area contributed by atoms with E-state index < -0.39 is 23.8 Å². The van der Waals surface area contributed by atoms with Crippen molar-refractivity contribution in [2.24, 2.45) is 11.5 Å². The molecule has 0 spiro atoms. The molecule has 0 aliphatic rings. The highest BCUT2D eigenvalue weighted by atomic mass is 16.4. The van der Waals surface area contributed by atoms with Gasteiger partial charge in [-0.05, 0) is 17.7 Å². The van der Waals surface area contributed by atoms with E-state index in [0.717, 1.165) is 12.5 Å². The van der Waals surface area contributed by atoms with Crippen LogP contribution < -0.4 is 16.8 Å². The van der Waals surface area contributed by atoms with E-state index in [1.165, 1.54) is 12.1 Å². The van der Waals surface area contributed by atoms with Crippen molar-refractivity contribution in [2.75, 3.05) is 6.54 Å². The van der Waals surface area contributed by atoms with Crippen LogP contribution in [0.2, 0.25) is 0 Å². The summed E-state index contributed by atoms with van der Waals surface area (Å²) < 4.78 is 0. The van der Waals surface area contributed by atoms with Gasteiger partial charge >= 0.3 is 0 Å². The van der Waals surface area contributed by atoms with Crippen LogP contribution in [0.3, 0.4) is 0 Å². The maximum Gasteiger partial charge on any atom is 0.300 e. The van der Waals surface area contributed by atoms with E-state index in [1.54, 1.807) is 12.1 Å². The molecule has 116 valence electrons. The van der Waals surface area contributed by atoms with Gasteiger partial charge in [0, 0.05) is 13.3 Å². The molecule has 1 aromatic carbocycles. The summed E-state index contributed by atoms with van der Waals surface area (Å²) in [4.78, 5) is 31.2. The first-order chi connectivity index (χ1) is 9.76. The molecule has 1 unspecified atom stereocenters. The molecule has 1 atom stereocenters. The number of amides is 2. The van der Waals surface area contributed by atoms with E-state index in [0.29, 0.717) is 0 Å². The van der Waals surface area contributed by atoms with Crippen molar-refractivity contribution in [1.29, 1.82) is 0 Å². The number of aliphatic carboxylic acids is 1. The van der Waals surface area contributed by atoms with Crippen LogP contribution in [0.5, 0.6) is 5.75 Å². The fraction of sp³-hybridized carbons (Fsp3) is 0.308. The summed E-state index contributed by atoms with van der Waals surface area (Å²) in [5.74, 6) is -1.76. The van der Waals surface area contributed by atoms with Gasteiger partial charge in [-0.2, -0.15) is 0 Å². The molecule has 8 heteroatoms. The van der Waals surface area contributed by atoms with Crippen LogP contribution in [0.1, 0.15) is 12.5 Å². The molecule has 1 aromatic rings. The first-order valence-electron chi connectivity index (χ1n) is 6.02. The highest BCUT2D eigenvalue weighted by Gasteiger charge is 2.17. The Bertz CT molecular complexity index is 483. The van der Waals surface area contributed by atoms with Crippen LogP contribution in [-0.2, 0) is 20.8 Å². The van der Waals surface area contributed by atoms with Crippen LogP contribution in [0.25, 0.3) is 0 Å². The van der Waals surface area contributed by atoms with E-state index in [2.05, 4.69) is 5.32 Å². The Kier molecular flexibility index (Phi) is 8.16. The zero-order chi connectivity index (χ0) is 16.4. The lowest BCUT2D eigenvalue weighted by molar-refractivity contribution is -0.134. The number of nitrogens with one attached hydrogen (secondary N) is 1. The third-order valence-corrected chi connectivity index (χ3v) is 2.24. The second-order valence-corrected chi connectivity index (χ2v) is 4.12. The van der Waals surface area contributed by atoms with Crippen molar-refractivity contribution in [3.8, 4) is 5.75 Å². The topological polar surface area (TPSA) is 156 Å². The van der Waals surface area contributed by atoms with Crippen molar-refractivity contribution in [2.45, 2.75) is 19.4 Å². The molecule has 0 aliphatic heterocycles. The van der Waals surface area contributed by atoms with E-state index in [1.807, 2.05) is 0 Å². The molecule has 0 aliphatic carbocycles. The van der Waals surface area contributed by atoms with Crippen molar-refractivity contribution in [1.82, 2.24) is 5.32 Å².